The molecule has 74 valence electrons. The van der Waals surface area contributed by atoms with Gasteiger partial charge in [0.2, 0.25) is 0 Å². The molecule has 0 atom stereocenters. The lowest BCUT2D eigenvalue weighted by atomic mass is 9.99. The average molecular weight is 197 g/mol. The summed E-state index contributed by atoms with van der Waals surface area (Å²) in [5.74, 6) is 0.653. The molecule has 0 aliphatic heterocycles. The van der Waals surface area contributed by atoms with Crippen LogP contribution in [0.3, 0.4) is 0 Å². The van der Waals surface area contributed by atoms with E-state index in [0.29, 0.717) is 5.92 Å². The summed E-state index contributed by atoms with van der Waals surface area (Å²) in [7, 11) is 0. The van der Waals surface area contributed by atoms with Crippen LogP contribution in [0.1, 0.15) is 42.7 Å². The monoisotopic (exact) mass is 197 g/mol. The average Bonchev–Trinajstić information content (AvgIpc) is 2.43. The topological polar surface area (TPSA) is 12.0 Å². The summed E-state index contributed by atoms with van der Waals surface area (Å²) in [6.45, 7) is 11.0. The van der Waals surface area contributed by atoms with Gasteiger partial charge < -0.3 is 5.32 Å². The van der Waals surface area contributed by atoms with Crippen LogP contribution >= 0.6 is 11.3 Å². The second-order valence-electron chi connectivity index (χ2n) is 3.67. The van der Waals surface area contributed by atoms with Gasteiger partial charge in [0.15, 0.2) is 0 Å². The summed E-state index contributed by atoms with van der Waals surface area (Å²) in [6.07, 6.45) is 0. The highest BCUT2D eigenvalue weighted by molar-refractivity contribution is 7.10. The van der Waals surface area contributed by atoms with Crippen molar-refractivity contribution in [3.8, 4) is 0 Å². The first kappa shape index (κ1) is 10.7. The summed E-state index contributed by atoms with van der Waals surface area (Å²) in [5.41, 5.74) is 3.03. The number of nitrogens with one attached hydrogen (secondary N) is 1. The fraction of sp³-hybridized carbons (Fsp3) is 0.636. The van der Waals surface area contributed by atoms with Gasteiger partial charge in [-0.15, -0.1) is 11.3 Å². The molecule has 1 nitrogen and oxygen atoms in total. The third kappa shape index (κ3) is 2.55. The minimum absolute atomic E-state index is 0.653. The normalized spacial score (nSPS) is 11.2. The molecule has 0 unspecified atom stereocenters. The van der Waals surface area contributed by atoms with Gasteiger partial charge in [-0.2, -0.15) is 0 Å². The predicted octanol–water partition coefficient (Wildman–Crippen LogP) is 3.29. The molecular weight excluding hydrogens is 178 g/mol. The van der Waals surface area contributed by atoms with Crippen molar-refractivity contribution >= 4 is 11.3 Å². The van der Waals surface area contributed by atoms with Gasteiger partial charge in [-0.1, -0.05) is 20.8 Å². The van der Waals surface area contributed by atoms with Gasteiger partial charge in [0, 0.05) is 11.4 Å². The molecule has 0 aliphatic rings. The smallest absolute Gasteiger partial charge is 0.0216 e. The first-order chi connectivity index (χ1) is 6.16. The Morgan fingerprint density at radius 3 is 2.69 bits per heavy atom. The Hall–Kier alpha value is -0.340. The van der Waals surface area contributed by atoms with Crippen LogP contribution in [0.5, 0.6) is 0 Å². The van der Waals surface area contributed by atoms with Crippen molar-refractivity contribution in [2.45, 2.75) is 40.2 Å². The number of thiophene rings is 1. The Labute approximate surface area is 85.2 Å². The highest BCUT2D eigenvalue weighted by atomic mass is 32.1. The molecule has 1 N–H and O–H groups in total. The summed E-state index contributed by atoms with van der Waals surface area (Å²) >= 11 is 1.87. The largest absolute Gasteiger partial charge is 0.313 e. The van der Waals surface area contributed by atoms with E-state index in [1.807, 2.05) is 11.3 Å². The van der Waals surface area contributed by atoms with E-state index in [1.165, 1.54) is 10.4 Å². The minimum atomic E-state index is 0.653. The standard InChI is InChI=1S/C11H19NS/c1-5-12-6-10-7-13-9(4)11(10)8(2)3/h7-8,12H,5-6H2,1-4H3. The van der Waals surface area contributed by atoms with Crippen molar-refractivity contribution in [2.75, 3.05) is 6.54 Å². The molecule has 0 saturated heterocycles. The van der Waals surface area contributed by atoms with Crippen LogP contribution in [0.25, 0.3) is 0 Å². The van der Waals surface area contributed by atoms with E-state index in [-0.39, 0.29) is 0 Å². The number of rotatable bonds is 4. The van der Waals surface area contributed by atoms with E-state index in [1.54, 1.807) is 5.56 Å². The van der Waals surface area contributed by atoms with Crippen molar-refractivity contribution < 1.29 is 0 Å². The van der Waals surface area contributed by atoms with E-state index in [2.05, 4.69) is 38.4 Å². The second-order valence-corrected chi connectivity index (χ2v) is 4.75. The molecule has 0 bridgehead atoms. The lowest BCUT2D eigenvalue weighted by Crippen LogP contribution is -2.12. The number of aryl methyl sites for hydroxylation is 1. The molecule has 13 heavy (non-hydrogen) atoms. The van der Waals surface area contributed by atoms with Gasteiger partial charge in [-0.25, -0.2) is 0 Å². The molecule has 0 fully saturated rings. The highest BCUT2D eigenvalue weighted by Crippen LogP contribution is 2.28. The van der Waals surface area contributed by atoms with Crippen LogP contribution in [0, 0.1) is 6.92 Å². The van der Waals surface area contributed by atoms with Crippen LogP contribution < -0.4 is 5.32 Å². The number of hydrogen-bond donors (Lipinski definition) is 1. The predicted molar refractivity (Wildman–Crippen MR) is 60.5 cm³/mol. The third-order valence-corrected chi connectivity index (χ3v) is 3.22. The SMILES string of the molecule is CCNCc1csc(C)c1C(C)C. The van der Waals surface area contributed by atoms with Crippen LogP contribution in [0.15, 0.2) is 5.38 Å². The van der Waals surface area contributed by atoms with E-state index in [0.717, 1.165) is 13.1 Å². The lowest BCUT2D eigenvalue weighted by Gasteiger charge is -2.09. The molecule has 0 saturated carbocycles. The van der Waals surface area contributed by atoms with Gasteiger partial charge in [0.25, 0.3) is 0 Å². The van der Waals surface area contributed by atoms with E-state index in [4.69, 9.17) is 0 Å². The summed E-state index contributed by atoms with van der Waals surface area (Å²) in [5, 5.41) is 5.66. The van der Waals surface area contributed by atoms with E-state index >= 15 is 0 Å². The van der Waals surface area contributed by atoms with E-state index < -0.39 is 0 Å². The maximum absolute atomic E-state index is 3.38. The zero-order valence-corrected chi connectivity index (χ0v) is 9.79. The molecule has 0 amide bonds. The molecule has 1 rings (SSSR count). The van der Waals surface area contributed by atoms with Crippen molar-refractivity contribution in [3.05, 3.63) is 21.4 Å². The first-order valence-electron chi connectivity index (χ1n) is 4.94. The fourth-order valence-electron chi connectivity index (χ4n) is 1.69. The minimum Gasteiger partial charge on any atom is -0.313 e. The fourth-order valence-corrected chi connectivity index (χ4v) is 2.71. The summed E-state index contributed by atoms with van der Waals surface area (Å²) in [4.78, 5) is 1.47. The van der Waals surface area contributed by atoms with Gasteiger partial charge in [0.05, 0.1) is 0 Å². The zero-order chi connectivity index (χ0) is 9.84. The zero-order valence-electron chi connectivity index (χ0n) is 8.98. The van der Waals surface area contributed by atoms with Gasteiger partial charge in [-0.05, 0) is 35.9 Å². The Balaban J connectivity index is 2.81. The molecular formula is C11H19NS. The molecule has 1 heterocycles. The van der Waals surface area contributed by atoms with Crippen molar-refractivity contribution in [2.24, 2.45) is 0 Å². The van der Waals surface area contributed by atoms with Crippen LogP contribution in [-0.2, 0) is 6.54 Å². The Morgan fingerprint density at radius 2 is 2.15 bits per heavy atom. The Morgan fingerprint density at radius 1 is 1.46 bits per heavy atom. The quantitative estimate of drug-likeness (QED) is 0.781. The molecule has 0 aromatic carbocycles. The number of hydrogen-bond acceptors (Lipinski definition) is 2. The van der Waals surface area contributed by atoms with Crippen molar-refractivity contribution in [1.29, 1.82) is 0 Å². The maximum atomic E-state index is 3.38. The summed E-state index contributed by atoms with van der Waals surface area (Å²) in [6, 6.07) is 0. The lowest BCUT2D eigenvalue weighted by molar-refractivity contribution is 0.712. The van der Waals surface area contributed by atoms with Crippen molar-refractivity contribution in [3.63, 3.8) is 0 Å². The Kier molecular flexibility index (Phi) is 3.94. The molecule has 0 radical (unpaired) electrons. The molecule has 0 aliphatic carbocycles. The summed E-state index contributed by atoms with van der Waals surface area (Å²) < 4.78 is 0. The highest BCUT2D eigenvalue weighted by Gasteiger charge is 2.10. The second kappa shape index (κ2) is 4.77. The van der Waals surface area contributed by atoms with Crippen molar-refractivity contribution in [1.82, 2.24) is 5.32 Å². The van der Waals surface area contributed by atoms with Crippen LogP contribution in [-0.4, -0.2) is 6.54 Å². The van der Waals surface area contributed by atoms with E-state index in [9.17, 15) is 0 Å². The first-order valence-corrected chi connectivity index (χ1v) is 5.82. The molecule has 1 aromatic heterocycles. The Bertz CT molecular complexity index is 263. The third-order valence-electron chi connectivity index (χ3n) is 2.25. The van der Waals surface area contributed by atoms with Crippen LogP contribution in [0.4, 0.5) is 0 Å². The van der Waals surface area contributed by atoms with Gasteiger partial charge in [0.1, 0.15) is 0 Å². The van der Waals surface area contributed by atoms with Gasteiger partial charge >= 0.3 is 0 Å². The van der Waals surface area contributed by atoms with Crippen LogP contribution in [0.2, 0.25) is 0 Å². The maximum Gasteiger partial charge on any atom is 0.0216 e. The molecule has 2 heteroatoms. The van der Waals surface area contributed by atoms with Gasteiger partial charge in [-0.3, -0.25) is 0 Å². The molecule has 1 aromatic rings. The molecule has 0 spiro atoms.